The summed E-state index contributed by atoms with van der Waals surface area (Å²) in [7, 11) is 0. The Morgan fingerprint density at radius 2 is 1.59 bits per heavy atom. The lowest BCUT2D eigenvalue weighted by Crippen LogP contribution is -2.51. The molecule has 56 heavy (non-hydrogen) atoms. The molecule has 7 rings (SSSR count). The van der Waals surface area contributed by atoms with Gasteiger partial charge in [0, 0.05) is 63.0 Å². The molecule has 14 nitrogen and oxygen atoms in total. The Morgan fingerprint density at radius 3 is 2.34 bits per heavy atom. The number of Topliss-reactive ketones (excluding diaryl/α,β-unsaturated/α-hetero) is 1. The average Bonchev–Trinajstić information content (AvgIpc) is 3.87. The lowest BCUT2D eigenvalue weighted by atomic mass is 10.00. The SMILES string of the molecule is CC(C)(C)OC(=O)N1CCN(CCNC(=O)c2ccc(-c3ccc4c(C(=O)NCC(=O)N5CCCC5C(=O)c5nc6ccccc6o5)ccnc4c3)cc2)CC1. The quantitative estimate of drug-likeness (QED) is 0.187. The zero-order chi connectivity index (χ0) is 39.4. The molecule has 2 aliphatic heterocycles. The highest BCUT2D eigenvalue weighted by atomic mass is 16.6. The monoisotopic (exact) mass is 759 g/mol. The molecular weight excluding hydrogens is 715 g/mol. The summed E-state index contributed by atoms with van der Waals surface area (Å²) >= 11 is 0. The Hall–Kier alpha value is -6.15. The highest BCUT2D eigenvalue weighted by Gasteiger charge is 2.37. The number of likely N-dealkylation sites (tertiary alicyclic amines) is 1. The number of nitrogens with zero attached hydrogens (tertiary/aromatic N) is 5. The van der Waals surface area contributed by atoms with Gasteiger partial charge in [-0.05, 0) is 81.1 Å². The highest BCUT2D eigenvalue weighted by molar-refractivity contribution is 6.08. The molecule has 4 amide bonds. The van der Waals surface area contributed by atoms with Crippen molar-refractivity contribution in [2.45, 2.75) is 45.3 Å². The molecule has 2 aromatic heterocycles. The summed E-state index contributed by atoms with van der Waals surface area (Å²) < 4.78 is 11.1. The molecule has 2 aliphatic rings. The second kappa shape index (κ2) is 16.3. The van der Waals surface area contributed by atoms with Crippen molar-refractivity contribution in [2.24, 2.45) is 0 Å². The van der Waals surface area contributed by atoms with Crippen molar-refractivity contribution in [1.29, 1.82) is 0 Å². The van der Waals surface area contributed by atoms with Crippen molar-refractivity contribution < 1.29 is 33.1 Å². The lowest BCUT2D eigenvalue weighted by Gasteiger charge is -2.35. The van der Waals surface area contributed by atoms with Gasteiger partial charge < -0.3 is 29.6 Å². The van der Waals surface area contributed by atoms with Crippen LogP contribution in [0.2, 0.25) is 0 Å². The van der Waals surface area contributed by atoms with Gasteiger partial charge in [0.1, 0.15) is 17.2 Å². The minimum Gasteiger partial charge on any atom is -0.444 e. The second-order valence-corrected chi connectivity index (χ2v) is 15.0. The molecule has 2 N–H and O–H groups in total. The van der Waals surface area contributed by atoms with Crippen LogP contribution >= 0.6 is 0 Å². The van der Waals surface area contributed by atoms with Crippen molar-refractivity contribution >= 4 is 51.6 Å². The number of carbonyl (C=O) groups is 5. The van der Waals surface area contributed by atoms with Crippen LogP contribution < -0.4 is 10.6 Å². The lowest BCUT2D eigenvalue weighted by molar-refractivity contribution is -0.130. The van der Waals surface area contributed by atoms with Crippen molar-refractivity contribution in [1.82, 2.24) is 35.3 Å². The first-order valence-electron chi connectivity index (χ1n) is 18.9. The number of nitrogens with one attached hydrogen (secondary N) is 2. The predicted molar refractivity (Wildman–Crippen MR) is 209 cm³/mol. The number of ether oxygens (including phenoxy) is 1. The third-order valence-electron chi connectivity index (χ3n) is 9.99. The molecule has 0 radical (unpaired) electrons. The summed E-state index contributed by atoms with van der Waals surface area (Å²) in [5, 5.41) is 6.33. The van der Waals surface area contributed by atoms with Gasteiger partial charge in [0.15, 0.2) is 5.58 Å². The summed E-state index contributed by atoms with van der Waals surface area (Å²) in [6, 6.07) is 20.9. The van der Waals surface area contributed by atoms with Crippen LogP contribution in [0.15, 0.2) is 83.4 Å². The van der Waals surface area contributed by atoms with Gasteiger partial charge >= 0.3 is 6.09 Å². The number of carbonyl (C=O) groups excluding carboxylic acids is 5. The second-order valence-electron chi connectivity index (χ2n) is 15.0. The van der Waals surface area contributed by atoms with E-state index >= 15 is 0 Å². The topological polar surface area (TPSA) is 167 Å². The number of hydrogen-bond donors (Lipinski definition) is 2. The van der Waals surface area contributed by atoms with E-state index < -0.39 is 17.6 Å². The van der Waals surface area contributed by atoms with Crippen LogP contribution in [0.4, 0.5) is 4.79 Å². The van der Waals surface area contributed by atoms with Crippen LogP contribution in [-0.2, 0) is 9.53 Å². The third-order valence-corrected chi connectivity index (χ3v) is 9.99. The van der Waals surface area contributed by atoms with E-state index in [1.54, 1.807) is 47.5 Å². The van der Waals surface area contributed by atoms with E-state index in [9.17, 15) is 24.0 Å². The van der Waals surface area contributed by atoms with E-state index in [1.165, 1.54) is 4.90 Å². The molecule has 0 spiro atoms. The standard InChI is InChI=1S/C42H45N7O7/c1-42(2,3)56-41(54)48-23-21-47(22-24-48)20-18-44-38(52)28-12-10-27(11-13-28)29-14-15-30-31(16-17-43-33(30)25-29)39(53)45-26-36(50)49-19-6-8-34(49)37(51)40-46-32-7-4-5-9-35(32)55-40/h4-5,7,9-17,25,34H,6,8,18-24,26H2,1-3H3,(H,44,52)(H,45,53). The maximum Gasteiger partial charge on any atom is 0.410 e. The smallest absolute Gasteiger partial charge is 0.410 e. The number of piperazine rings is 1. The van der Waals surface area contributed by atoms with Gasteiger partial charge in [-0.1, -0.05) is 36.4 Å². The van der Waals surface area contributed by atoms with Crippen LogP contribution in [0.5, 0.6) is 0 Å². The normalized spacial score (nSPS) is 16.2. The molecule has 1 atom stereocenters. The minimum absolute atomic E-state index is 0.0274. The molecule has 0 bridgehead atoms. The van der Waals surface area contributed by atoms with Gasteiger partial charge in [0.25, 0.3) is 17.7 Å². The Bertz CT molecular complexity index is 2240. The van der Waals surface area contributed by atoms with Crippen molar-refractivity contribution in [3.05, 3.63) is 96.0 Å². The minimum atomic E-state index is -0.706. The number of oxazole rings is 1. The molecule has 1 unspecified atom stereocenters. The molecule has 0 aliphatic carbocycles. The molecule has 0 saturated carbocycles. The summed E-state index contributed by atoms with van der Waals surface area (Å²) in [6.07, 6.45) is 2.40. The van der Waals surface area contributed by atoms with Crippen LogP contribution in [-0.4, -0.2) is 118 Å². The summed E-state index contributed by atoms with van der Waals surface area (Å²) in [6.45, 7) is 9.43. The van der Waals surface area contributed by atoms with Gasteiger partial charge in [0.05, 0.1) is 17.6 Å². The van der Waals surface area contributed by atoms with Crippen LogP contribution in [0, 0.1) is 0 Å². The Balaban J connectivity index is 0.906. The van der Waals surface area contributed by atoms with Gasteiger partial charge in [-0.15, -0.1) is 0 Å². The van der Waals surface area contributed by atoms with Gasteiger partial charge in [-0.3, -0.25) is 29.1 Å². The van der Waals surface area contributed by atoms with Crippen molar-refractivity contribution in [3.63, 3.8) is 0 Å². The number of pyridine rings is 1. The molecule has 290 valence electrons. The van der Waals surface area contributed by atoms with Gasteiger partial charge in [-0.25, -0.2) is 9.78 Å². The molecule has 2 saturated heterocycles. The summed E-state index contributed by atoms with van der Waals surface area (Å²) in [4.78, 5) is 79.3. The maximum absolute atomic E-state index is 13.4. The predicted octanol–water partition coefficient (Wildman–Crippen LogP) is 4.93. The third kappa shape index (κ3) is 8.70. The molecule has 2 fully saturated rings. The fourth-order valence-corrected chi connectivity index (χ4v) is 7.06. The molecule has 4 heterocycles. The zero-order valence-corrected chi connectivity index (χ0v) is 31.7. The number of amides is 4. The van der Waals surface area contributed by atoms with Crippen LogP contribution in [0.25, 0.3) is 33.1 Å². The van der Waals surface area contributed by atoms with E-state index in [0.717, 1.165) is 11.1 Å². The van der Waals surface area contributed by atoms with Crippen molar-refractivity contribution in [3.8, 4) is 11.1 Å². The highest BCUT2D eigenvalue weighted by Crippen LogP contribution is 2.27. The fraction of sp³-hybridized carbons (Fsp3) is 0.357. The van der Waals surface area contributed by atoms with Crippen molar-refractivity contribution in [2.75, 3.05) is 52.4 Å². The molecule has 14 heteroatoms. The van der Waals surface area contributed by atoms with Crippen LogP contribution in [0.3, 0.4) is 0 Å². The first-order chi connectivity index (χ1) is 26.9. The Morgan fingerprint density at radius 1 is 0.839 bits per heavy atom. The average molecular weight is 760 g/mol. The van der Waals surface area contributed by atoms with Gasteiger partial charge in [-0.2, -0.15) is 0 Å². The van der Waals surface area contributed by atoms with E-state index in [4.69, 9.17) is 9.15 Å². The number of para-hydroxylation sites is 2. The summed E-state index contributed by atoms with van der Waals surface area (Å²) in [5.74, 6) is -1.35. The fourth-order valence-electron chi connectivity index (χ4n) is 7.06. The first kappa shape index (κ1) is 38.1. The number of aromatic nitrogens is 2. The maximum atomic E-state index is 13.4. The summed E-state index contributed by atoms with van der Waals surface area (Å²) in [5.41, 5.74) is 3.79. The molecular formula is C42H45N7O7. The van der Waals surface area contributed by atoms with Gasteiger partial charge in [0.2, 0.25) is 11.7 Å². The van der Waals surface area contributed by atoms with E-state index in [-0.39, 0.29) is 36.1 Å². The zero-order valence-electron chi connectivity index (χ0n) is 31.7. The number of fused-ring (bicyclic) bond motifs is 2. The number of benzene rings is 3. The number of rotatable bonds is 10. The molecule has 3 aromatic carbocycles. The Labute approximate surface area is 324 Å². The number of hydrogen-bond acceptors (Lipinski definition) is 10. The number of ketones is 1. The van der Waals surface area contributed by atoms with E-state index in [0.29, 0.717) is 91.8 Å². The first-order valence-corrected chi connectivity index (χ1v) is 18.9. The molecule has 5 aromatic rings. The largest absolute Gasteiger partial charge is 0.444 e. The Kier molecular flexibility index (Phi) is 11.1. The van der Waals surface area contributed by atoms with E-state index in [1.807, 2.05) is 57.2 Å². The van der Waals surface area contributed by atoms with Crippen LogP contribution in [0.1, 0.15) is 65.0 Å². The van der Waals surface area contributed by atoms with E-state index in [2.05, 4.69) is 25.5 Å².